The molecule has 0 aliphatic carbocycles. The molecule has 0 fully saturated rings. The molecule has 0 saturated carbocycles. The molecule has 0 bridgehead atoms. The molecule has 0 amide bonds. The summed E-state index contributed by atoms with van der Waals surface area (Å²) in [7, 11) is 0. The van der Waals surface area contributed by atoms with E-state index in [4.69, 9.17) is 9.97 Å². The van der Waals surface area contributed by atoms with Gasteiger partial charge in [0.25, 0.3) is 0 Å². The first-order valence-corrected chi connectivity index (χ1v) is 12.6. The summed E-state index contributed by atoms with van der Waals surface area (Å²) in [5.74, 6) is 0.698. The van der Waals surface area contributed by atoms with Gasteiger partial charge in [-0.15, -0.1) is 0 Å². The summed E-state index contributed by atoms with van der Waals surface area (Å²) in [5, 5.41) is 15.0. The largest absolute Gasteiger partial charge is 0.236 e. The zero-order valence-corrected chi connectivity index (χ0v) is 20.5. The number of aromatic nitrogens is 2. The molecular formula is C35H21N3. The first-order valence-electron chi connectivity index (χ1n) is 12.6. The van der Waals surface area contributed by atoms with Crippen LogP contribution in [0.15, 0.2) is 128 Å². The Morgan fingerprint density at radius 3 is 1.61 bits per heavy atom. The van der Waals surface area contributed by atoms with Gasteiger partial charge in [-0.25, -0.2) is 9.97 Å². The Bertz CT molecular complexity index is 2030. The molecule has 0 unspecified atom stereocenters. The molecular weight excluding hydrogens is 462 g/mol. The fourth-order valence-electron chi connectivity index (χ4n) is 5.18. The molecule has 38 heavy (non-hydrogen) atoms. The van der Waals surface area contributed by atoms with Gasteiger partial charge in [-0.2, -0.15) is 5.26 Å². The topological polar surface area (TPSA) is 49.6 Å². The van der Waals surface area contributed by atoms with Crippen LogP contribution in [0.1, 0.15) is 5.56 Å². The lowest BCUT2D eigenvalue weighted by Crippen LogP contribution is -1.95. The van der Waals surface area contributed by atoms with Crippen LogP contribution in [0.4, 0.5) is 0 Å². The normalized spacial score (nSPS) is 11.1. The summed E-state index contributed by atoms with van der Waals surface area (Å²) in [4.78, 5) is 9.79. The second kappa shape index (κ2) is 8.96. The number of hydrogen-bond acceptors (Lipinski definition) is 3. The Labute approximate surface area is 220 Å². The van der Waals surface area contributed by atoms with Crippen LogP contribution in [0, 0.1) is 11.3 Å². The maximum absolute atomic E-state index is 9.35. The van der Waals surface area contributed by atoms with E-state index in [0.717, 1.165) is 49.5 Å². The van der Waals surface area contributed by atoms with Gasteiger partial charge in [-0.3, -0.25) is 0 Å². The third-order valence-corrected chi connectivity index (χ3v) is 7.12. The zero-order valence-electron chi connectivity index (χ0n) is 20.5. The van der Waals surface area contributed by atoms with Crippen LogP contribution in [0.25, 0.3) is 66.1 Å². The van der Waals surface area contributed by atoms with E-state index in [2.05, 4.69) is 78.9 Å². The van der Waals surface area contributed by atoms with Crippen molar-refractivity contribution in [2.45, 2.75) is 0 Å². The SMILES string of the molecule is N#Cc1ccc(-c2cc3ccccc3cc2-c2cc3ccccc3cc2-c2ncc3ccccc3n2)cc1. The third kappa shape index (κ3) is 3.77. The highest BCUT2D eigenvalue weighted by molar-refractivity contribution is 6.03. The van der Waals surface area contributed by atoms with Crippen molar-refractivity contribution in [2.75, 3.05) is 0 Å². The number of rotatable bonds is 3. The van der Waals surface area contributed by atoms with Gasteiger partial charge in [0.05, 0.1) is 17.1 Å². The molecule has 0 atom stereocenters. The minimum atomic E-state index is 0.645. The number of benzene rings is 6. The first-order chi connectivity index (χ1) is 18.8. The standard InChI is InChI=1S/C35H21N3/c36-21-23-13-15-24(16-14-23)30-17-25-7-1-2-8-26(25)18-31(30)32-19-27-9-3-4-10-28(27)20-33(32)35-37-22-29-11-5-6-12-34(29)38-35/h1-20,22H. The van der Waals surface area contributed by atoms with Crippen LogP contribution in [0.5, 0.6) is 0 Å². The molecule has 176 valence electrons. The Kier molecular flexibility index (Phi) is 5.17. The summed E-state index contributed by atoms with van der Waals surface area (Å²) in [6, 6.07) is 43.9. The lowest BCUT2D eigenvalue weighted by Gasteiger charge is -2.17. The molecule has 7 aromatic rings. The Balaban J connectivity index is 1.56. The quantitative estimate of drug-likeness (QED) is 0.252. The highest BCUT2D eigenvalue weighted by Crippen LogP contribution is 2.41. The zero-order chi connectivity index (χ0) is 25.5. The molecule has 3 nitrogen and oxygen atoms in total. The van der Waals surface area contributed by atoms with Crippen LogP contribution in [-0.2, 0) is 0 Å². The van der Waals surface area contributed by atoms with Gasteiger partial charge in [0.2, 0.25) is 0 Å². The van der Waals surface area contributed by atoms with E-state index in [1.165, 1.54) is 10.8 Å². The van der Waals surface area contributed by atoms with Crippen molar-refractivity contribution in [1.82, 2.24) is 9.97 Å². The van der Waals surface area contributed by atoms with Crippen LogP contribution in [0.3, 0.4) is 0 Å². The molecule has 0 aliphatic rings. The van der Waals surface area contributed by atoms with Gasteiger partial charge in [0.15, 0.2) is 5.82 Å². The number of nitriles is 1. The van der Waals surface area contributed by atoms with Crippen molar-refractivity contribution in [3.8, 4) is 39.7 Å². The molecule has 0 radical (unpaired) electrons. The van der Waals surface area contributed by atoms with Crippen molar-refractivity contribution in [1.29, 1.82) is 5.26 Å². The smallest absolute Gasteiger partial charge is 0.160 e. The van der Waals surface area contributed by atoms with Gasteiger partial charge >= 0.3 is 0 Å². The Hall–Kier alpha value is -5.33. The highest BCUT2D eigenvalue weighted by atomic mass is 14.9. The maximum atomic E-state index is 9.35. The van der Waals surface area contributed by atoms with E-state index in [-0.39, 0.29) is 0 Å². The number of para-hydroxylation sites is 1. The van der Waals surface area contributed by atoms with Crippen molar-refractivity contribution in [3.05, 3.63) is 133 Å². The van der Waals surface area contributed by atoms with Crippen LogP contribution < -0.4 is 0 Å². The van der Waals surface area contributed by atoms with Gasteiger partial charge in [-0.1, -0.05) is 78.9 Å². The van der Waals surface area contributed by atoms with E-state index >= 15 is 0 Å². The molecule has 0 saturated heterocycles. The summed E-state index contributed by atoms with van der Waals surface area (Å²) < 4.78 is 0. The monoisotopic (exact) mass is 483 g/mol. The average molecular weight is 484 g/mol. The van der Waals surface area contributed by atoms with Crippen LogP contribution in [-0.4, -0.2) is 9.97 Å². The van der Waals surface area contributed by atoms with Crippen molar-refractivity contribution < 1.29 is 0 Å². The lowest BCUT2D eigenvalue weighted by molar-refractivity contribution is 1.23. The Morgan fingerprint density at radius 2 is 1.00 bits per heavy atom. The lowest BCUT2D eigenvalue weighted by atomic mass is 9.87. The minimum Gasteiger partial charge on any atom is -0.236 e. The molecule has 0 spiro atoms. The summed E-state index contributed by atoms with van der Waals surface area (Å²) in [6.07, 6.45) is 1.90. The predicted molar refractivity (Wildman–Crippen MR) is 156 cm³/mol. The molecule has 6 aromatic carbocycles. The van der Waals surface area contributed by atoms with Gasteiger partial charge in [-0.05, 0) is 86.3 Å². The predicted octanol–water partition coefficient (Wildman–Crippen LogP) is 8.81. The summed E-state index contributed by atoms with van der Waals surface area (Å²) in [6.45, 7) is 0. The van der Waals surface area contributed by atoms with E-state index in [1.807, 2.05) is 54.7 Å². The molecule has 3 heteroatoms. The average Bonchev–Trinajstić information content (AvgIpc) is 2.99. The van der Waals surface area contributed by atoms with Gasteiger partial charge < -0.3 is 0 Å². The van der Waals surface area contributed by atoms with Gasteiger partial charge in [0, 0.05) is 17.1 Å². The maximum Gasteiger partial charge on any atom is 0.160 e. The van der Waals surface area contributed by atoms with Crippen molar-refractivity contribution in [3.63, 3.8) is 0 Å². The van der Waals surface area contributed by atoms with Crippen LogP contribution >= 0.6 is 0 Å². The molecule has 0 N–H and O–H groups in total. The first kappa shape index (κ1) is 21.9. The molecule has 0 aliphatic heterocycles. The van der Waals surface area contributed by atoms with E-state index in [0.29, 0.717) is 11.4 Å². The Morgan fingerprint density at radius 1 is 0.500 bits per heavy atom. The molecule has 7 rings (SSSR count). The summed E-state index contributed by atoms with van der Waals surface area (Å²) in [5.41, 5.74) is 6.89. The number of nitrogens with zero attached hydrogens (tertiary/aromatic N) is 3. The van der Waals surface area contributed by atoms with Crippen molar-refractivity contribution in [2.24, 2.45) is 0 Å². The fraction of sp³-hybridized carbons (Fsp3) is 0. The molecule has 1 aromatic heterocycles. The summed E-state index contributed by atoms with van der Waals surface area (Å²) >= 11 is 0. The molecule has 1 heterocycles. The number of hydrogen-bond donors (Lipinski definition) is 0. The van der Waals surface area contributed by atoms with E-state index in [9.17, 15) is 5.26 Å². The van der Waals surface area contributed by atoms with Crippen LogP contribution in [0.2, 0.25) is 0 Å². The third-order valence-electron chi connectivity index (χ3n) is 7.12. The van der Waals surface area contributed by atoms with Gasteiger partial charge in [0.1, 0.15) is 0 Å². The second-order valence-electron chi connectivity index (χ2n) is 9.43. The van der Waals surface area contributed by atoms with Crippen molar-refractivity contribution >= 4 is 32.4 Å². The van der Waals surface area contributed by atoms with E-state index < -0.39 is 0 Å². The number of fused-ring (bicyclic) bond motifs is 3. The second-order valence-corrected chi connectivity index (χ2v) is 9.43. The highest BCUT2D eigenvalue weighted by Gasteiger charge is 2.17. The van der Waals surface area contributed by atoms with E-state index in [1.54, 1.807) is 0 Å². The fourth-order valence-corrected chi connectivity index (χ4v) is 5.18. The minimum absolute atomic E-state index is 0.645.